The van der Waals surface area contributed by atoms with Crippen molar-refractivity contribution in [2.24, 2.45) is 5.84 Å². The fourth-order valence-electron chi connectivity index (χ4n) is 3.38. The summed E-state index contributed by atoms with van der Waals surface area (Å²) in [7, 11) is 0. The molecule has 2 heterocycles. The third kappa shape index (κ3) is 3.27. The Labute approximate surface area is 179 Å². The lowest BCUT2D eigenvalue weighted by Gasteiger charge is -2.06. The molecule has 0 radical (unpaired) electrons. The molecule has 8 heteroatoms. The van der Waals surface area contributed by atoms with E-state index in [0.29, 0.717) is 38.5 Å². The lowest BCUT2D eigenvalue weighted by atomic mass is 10.1. The van der Waals surface area contributed by atoms with Gasteiger partial charge in [-0.3, -0.25) is 19.6 Å². The number of aromatic nitrogens is 1. The van der Waals surface area contributed by atoms with Crippen LogP contribution in [0.5, 0.6) is 0 Å². The summed E-state index contributed by atoms with van der Waals surface area (Å²) in [6.07, 6.45) is 0. The molecule has 29 heavy (non-hydrogen) atoms. The number of halogens is 2. The molecule has 0 unspecified atom stereocenters. The Morgan fingerprint density at radius 3 is 2.62 bits per heavy atom. The molecule has 2 aromatic heterocycles. The Kier molecular flexibility index (Phi) is 5.04. The fourth-order valence-corrected chi connectivity index (χ4v) is 4.15. The maximum atomic E-state index is 13.3. The zero-order valence-corrected chi connectivity index (χ0v) is 17.5. The van der Waals surface area contributed by atoms with E-state index in [1.54, 1.807) is 55.5 Å². The second-order valence-corrected chi connectivity index (χ2v) is 7.70. The van der Waals surface area contributed by atoms with Crippen LogP contribution in [-0.4, -0.2) is 16.4 Å². The van der Waals surface area contributed by atoms with Gasteiger partial charge in [0.2, 0.25) is 0 Å². The number of carbonyl (C=O) groups is 2. The number of hydrogen-bond donors (Lipinski definition) is 2. The third-order valence-corrected chi connectivity index (χ3v) is 5.49. The van der Waals surface area contributed by atoms with Gasteiger partial charge in [0, 0.05) is 21.1 Å². The number of nitrogens with zero attached hydrogens (tertiary/aromatic N) is 1. The highest BCUT2D eigenvalue weighted by molar-refractivity contribution is 9.10. The Balaban J connectivity index is 1.82. The molecule has 6 nitrogen and oxygen atoms in total. The van der Waals surface area contributed by atoms with Crippen LogP contribution in [0.15, 0.2) is 63.5 Å². The van der Waals surface area contributed by atoms with E-state index in [1.165, 1.54) is 4.57 Å². The van der Waals surface area contributed by atoms with Gasteiger partial charge < -0.3 is 4.42 Å². The van der Waals surface area contributed by atoms with Gasteiger partial charge >= 0.3 is 0 Å². The summed E-state index contributed by atoms with van der Waals surface area (Å²) in [6, 6.07) is 15.8. The van der Waals surface area contributed by atoms with Crippen molar-refractivity contribution < 1.29 is 14.0 Å². The molecule has 4 aromatic rings. The van der Waals surface area contributed by atoms with Gasteiger partial charge in [0.15, 0.2) is 5.76 Å². The van der Waals surface area contributed by atoms with E-state index in [-0.39, 0.29) is 5.76 Å². The quantitative estimate of drug-likeness (QED) is 0.252. The minimum atomic E-state index is -0.466. The minimum Gasteiger partial charge on any atom is -0.451 e. The fraction of sp³-hybridized carbons (Fsp3) is 0.0476. The second-order valence-electron chi connectivity index (χ2n) is 6.38. The third-order valence-electron chi connectivity index (χ3n) is 4.69. The molecule has 0 spiro atoms. The molecule has 4 rings (SSSR count). The maximum absolute atomic E-state index is 13.3. The van der Waals surface area contributed by atoms with Crippen LogP contribution in [0.4, 0.5) is 0 Å². The van der Waals surface area contributed by atoms with Crippen LogP contribution in [0.2, 0.25) is 5.02 Å². The maximum Gasteiger partial charge on any atom is 0.298 e. The van der Waals surface area contributed by atoms with E-state index >= 15 is 0 Å². The standard InChI is InChI=1S/C21H15BrClN3O3/c1-11-19(20(27)25-24)14-4-2-3-5-16(14)26(11)21(28)18-9-8-17(29-18)13-7-6-12(22)10-15(13)23/h2-10H,24H2,1H3,(H,25,27). The number of nitrogens with one attached hydrogen (secondary N) is 1. The predicted octanol–water partition coefficient (Wildman–Crippen LogP) is 4.92. The highest BCUT2D eigenvalue weighted by atomic mass is 79.9. The smallest absolute Gasteiger partial charge is 0.298 e. The largest absolute Gasteiger partial charge is 0.451 e. The van der Waals surface area contributed by atoms with Gasteiger partial charge in [-0.25, -0.2) is 5.84 Å². The number of nitrogen functional groups attached to an aromatic ring is 1. The van der Waals surface area contributed by atoms with Crippen molar-refractivity contribution in [3.63, 3.8) is 0 Å². The van der Waals surface area contributed by atoms with Gasteiger partial charge in [-0.2, -0.15) is 0 Å². The number of furan rings is 1. The summed E-state index contributed by atoms with van der Waals surface area (Å²) in [5, 5.41) is 1.13. The first-order chi connectivity index (χ1) is 13.9. The summed E-state index contributed by atoms with van der Waals surface area (Å²) >= 11 is 9.66. The van der Waals surface area contributed by atoms with Crippen LogP contribution >= 0.6 is 27.5 Å². The predicted molar refractivity (Wildman–Crippen MR) is 115 cm³/mol. The van der Waals surface area contributed by atoms with Crippen LogP contribution in [0.25, 0.3) is 22.2 Å². The van der Waals surface area contributed by atoms with Crippen molar-refractivity contribution in [1.29, 1.82) is 0 Å². The number of hydrazine groups is 1. The second kappa shape index (κ2) is 7.51. The SMILES string of the molecule is Cc1c(C(=O)NN)c2ccccc2n1C(=O)c1ccc(-c2ccc(Br)cc2Cl)o1. The van der Waals surface area contributed by atoms with E-state index in [4.69, 9.17) is 21.9 Å². The first kappa shape index (κ1) is 19.4. The van der Waals surface area contributed by atoms with E-state index in [0.717, 1.165) is 4.47 Å². The molecule has 2 aromatic carbocycles. The Bertz CT molecular complexity index is 1280. The van der Waals surface area contributed by atoms with Crippen molar-refractivity contribution >= 4 is 50.2 Å². The summed E-state index contributed by atoms with van der Waals surface area (Å²) in [4.78, 5) is 25.5. The van der Waals surface area contributed by atoms with Crippen molar-refractivity contribution in [2.75, 3.05) is 0 Å². The Hall–Kier alpha value is -2.87. The highest BCUT2D eigenvalue weighted by Crippen LogP contribution is 2.33. The van der Waals surface area contributed by atoms with Crippen molar-refractivity contribution in [3.8, 4) is 11.3 Å². The number of benzene rings is 2. The summed E-state index contributed by atoms with van der Waals surface area (Å²) in [5.41, 5.74) is 4.22. The molecular weight excluding hydrogens is 458 g/mol. The van der Waals surface area contributed by atoms with Crippen molar-refractivity contribution in [1.82, 2.24) is 9.99 Å². The zero-order valence-electron chi connectivity index (χ0n) is 15.2. The number of carbonyl (C=O) groups excluding carboxylic acids is 2. The number of fused-ring (bicyclic) bond motifs is 1. The molecule has 0 atom stereocenters. The molecule has 0 saturated heterocycles. The highest BCUT2D eigenvalue weighted by Gasteiger charge is 2.25. The monoisotopic (exact) mass is 471 g/mol. The number of hydrogen-bond acceptors (Lipinski definition) is 4. The first-order valence-electron chi connectivity index (χ1n) is 8.63. The minimum absolute atomic E-state index is 0.127. The lowest BCUT2D eigenvalue weighted by molar-refractivity contribution is 0.0936. The van der Waals surface area contributed by atoms with E-state index < -0.39 is 11.8 Å². The van der Waals surface area contributed by atoms with Crippen LogP contribution in [0.1, 0.15) is 26.6 Å². The van der Waals surface area contributed by atoms with Crippen molar-refractivity contribution in [3.05, 3.63) is 81.1 Å². The average Bonchev–Trinajstić information content (AvgIpc) is 3.29. The number of rotatable bonds is 3. The van der Waals surface area contributed by atoms with Crippen LogP contribution in [-0.2, 0) is 0 Å². The van der Waals surface area contributed by atoms with Gasteiger partial charge in [0.1, 0.15) is 5.76 Å². The topological polar surface area (TPSA) is 90.3 Å². The van der Waals surface area contributed by atoms with E-state index in [9.17, 15) is 9.59 Å². The summed E-state index contributed by atoms with van der Waals surface area (Å²) in [5.74, 6) is 5.06. The number of amides is 1. The zero-order chi connectivity index (χ0) is 20.7. The normalized spacial score (nSPS) is 11.0. The van der Waals surface area contributed by atoms with Gasteiger partial charge in [0.05, 0.1) is 16.1 Å². The van der Waals surface area contributed by atoms with E-state index in [2.05, 4.69) is 21.4 Å². The molecule has 0 aliphatic carbocycles. The van der Waals surface area contributed by atoms with Gasteiger partial charge in [-0.15, -0.1) is 0 Å². The average molecular weight is 473 g/mol. The van der Waals surface area contributed by atoms with Gasteiger partial charge in [-0.1, -0.05) is 45.7 Å². The molecule has 0 aliphatic rings. The molecular formula is C21H15BrClN3O3. The van der Waals surface area contributed by atoms with Gasteiger partial charge in [0.25, 0.3) is 11.8 Å². The number of para-hydroxylation sites is 1. The van der Waals surface area contributed by atoms with Crippen molar-refractivity contribution in [2.45, 2.75) is 6.92 Å². The molecule has 0 fully saturated rings. The molecule has 3 N–H and O–H groups in total. The molecule has 0 saturated carbocycles. The Morgan fingerprint density at radius 1 is 1.14 bits per heavy atom. The summed E-state index contributed by atoms with van der Waals surface area (Å²) in [6.45, 7) is 1.69. The molecule has 0 bridgehead atoms. The van der Waals surface area contributed by atoms with Crippen LogP contribution < -0.4 is 11.3 Å². The first-order valence-corrected chi connectivity index (χ1v) is 9.80. The molecule has 0 aliphatic heterocycles. The molecule has 1 amide bonds. The number of nitrogens with two attached hydrogens (primary N) is 1. The van der Waals surface area contributed by atoms with Crippen LogP contribution in [0.3, 0.4) is 0 Å². The Morgan fingerprint density at radius 2 is 1.90 bits per heavy atom. The van der Waals surface area contributed by atoms with Crippen LogP contribution in [0, 0.1) is 6.92 Å². The lowest BCUT2D eigenvalue weighted by Crippen LogP contribution is -2.30. The van der Waals surface area contributed by atoms with Gasteiger partial charge in [-0.05, 0) is 43.3 Å². The van der Waals surface area contributed by atoms with E-state index in [1.807, 2.05) is 6.07 Å². The molecule has 146 valence electrons. The summed E-state index contributed by atoms with van der Waals surface area (Å²) < 4.78 is 8.10.